The summed E-state index contributed by atoms with van der Waals surface area (Å²) in [7, 11) is 0. The SMILES string of the molecule is [B].[Co].[Cr].[Pt].[Re].[Y]. The summed E-state index contributed by atoms with van der Waals surface area (Å²) in [6, 6.07) is 0. The van der Waals surface area contributed by atoms with Crippen LogP contribution in [0.15, 0.2) is 0 Å². The van der Waals surface area contributed by atoms with E-state index in [2.05, 4.69) is 0 Å². The molecule has 0 aliphatic heterocycles. The molecule has 6 heavy (non-hydrogen) atoms. The van der Waals surface area contributed by atoms with Crippen LogP contribution in [0.1, 0.15) is 0 Å². The second-order valence-electron chi connectivity index (χ2n) is 0. The standard InChI is InChI=1S/B.Co.Cr.Pt.Re.Y. The fourth-order valence-corrected chi connectivity index (χ4v) is 0. The molecule has 0 bridgehead atoms. The molecule has 0 fully saturated rings. The van der Waals surface area contributed by atoms with E-state index >= 15 is 0 Å². The summed E-state index contributed by atoms with van der Waals surface area (Å²) in [6.45, 7) is 0. The van der Waals surface area contributed by atoms with Gasteiger partial charge in [-0.05, 0) is 0 Å². The molecule has 0 aliphatic carbocycles. The zero-order valence-corrected chi connectivity index (χ0v) is 12.7. The Morgan fingerprint density at radius 2 is 1.00 bits per heavy atom. The molecule has 38 valence electrons. The van der Waals surface area contributed by atoms with Crippen LogP contribution in [-0.4, -0.2) is 8.41 Å². The van der Waals surface area contributed by atoms with Crippen molar-refractivity contribution < 1.29 is 108 Å². The van der Waals surface area contributed by atoms with Gasteiger partial charge >= 0.3 is 0 Å². The second kappa shape index (κ2) is 38.6. The van der Waals surface area contributed by atoms with Gasteiger partial charge in [0.1, 0.15) is 0 Å². The van der Waals surface area contributed by atoms with E-state index in [4.69, 9.17) is 0 Å². The van der Waals surface area contributed by atoms with Crippen molar-refractivity contribution in [2.45, 2.75) is 0 Å². The zero-order chi connectivity index (χ0) is 0. The first-order valence-electron chi connectivity index (χ1n) is 0. The molecular formula is BCoCrPtReY. The van der Waals surface area contributed by atoms with Gasteiger partial charge in [0.2, 0.25) is 0 Å². The van der Waals surface area contributed by atoms with E-state index in [1.54, 1.807) is 0 Å². The Morgan fingerprint density at radius 1 is 1.00 bits per heavy atom. The Balaban J connectivity index is 0. The molecule has 0 saturated carbocycles. The first-order chi connectivity index (χ1) is 0. The van der Waals surface area contributed by atoms with Crippen LogP contribution in [0, 0.1) is 0 Å². The minimum absolute atomic E-state index is 0. The van der Waals surface area contributed by atoms with E-state index in [1.165, 1.54) is 0 Å². The maximum absolute atomic E-state index is 0. The van der Waals surface area contributed by atoms with Crippen LogP contribution >= 0.6 is 0 Å². The Labute approximate surface area is 114 Å². The monoisotopic (exact) mass is 593 g/mol. The molecule has 0 amide bonds. The molecule has 0 aromatic rings. The maximum Gasteiger partial charge on any atom is 0 e. The summed E-state index contributed by atoms with van der Waals surface area (Å²) in [5, 5.41) is 0. The molecule has 0 atom stereocenters. The minimum Gasteiger partial charge on any atom is 0 e. The van der Waals surface area contributed by atoms with Crippen molar-refractivity contribution in [1.82, 2.24) is 0 Å². The third kappa shape index (κ3) is 25.7. The Hall–Kier alpha value is 3.56. The molecule has 0 saturated heterocycles. The molecule has 0 nitrogen and oxygen atoms in total. The third-order valence-corrected chi connectivity index (χ3v) is 0. The molecule has 0 aliphatic rings. The van der Waals surface area contributed by atoms with Crippen LogP contribution in [0.25, 0.3) is 0 Å². The van der Waals surface area contributed by atoms with Crippen molar-refractivity contribution >= 4 is 8.41 Å². The summed E-state index contributed by atoms with van der Waals surface area (Å²) in [5.41, 5.74) is 0. The quantitative estimate of drug-likeness (QED) is 0.337. The van der Waals surface area contributed by atoms with E-state index < -0.39 is 0 Å². The van der Waals surface area contributed by atoms with Gasteiger partial charge in [-0.2, -0.15) is 0 Å². The van der Waals surface area contributed by atoms with Gasteiger partial charge in [0, 0.05) is 117 Å². The van der Waals surface area contributed by atoms with Gasteiger partial charge in [0.05, 0.1) is 0 Å². The summed E-state index contributed by atoms with van der Waals surface area (Å²) in [5.74, 6) is 0. The topological polar surface area (TPSA) is 0 Å². The van der Waals surface area contributed by atoms with E-state index in [9.17, 15) is 0 Å². The number of hydrogen-bond acceptors (Lipinski definition) is 0. The molecule has 0 aromatic carbocycles. The van der Waals surface area contributed by atoms with Crippen LogP contribution in [0.3, 0.4) is 0 Å². The fraction of sp³-hybridized carbons (Fsp3) is 0. The smallest absolute Gasteiger partial charge is 0 e. The first kappa shape index (κ1) is 55.3. The molecular weight excluding hydrogens is 592 g/mol. The number of hydrogen-bond donors (Lipinski definition) is 0. The van der Waals surface area contributed by atoms with Crippen molar-refractivity contribution in [2.75, 3.05) is 0 Å². The number of rotatable bonds is 0. The summed E-state index contributed by atoms with van der Waals surface area (Å²) >= 11 is 0. The normalized spacial score (nSPS) is 0. The maximum atomic E-state index is 0. The second-order valence-corrected chi connectivity index (χ2v) is 0. The van der Waals surface area contributed by atoms with Crippen molar-refractivity contribution in [1.29, 1.82) is 0 Å². The predicted molar refractivity (Wildman–Crippen MR) is 5.75 cm³/mol. The van der Waals surface area contributed by atoms with Crippen LogP contribution < -0.4 is 0 Å². The van der Waals surface area contributed by atoms with E-state index in [0.29, 0.717) is 0 Å². The summed E-state index contributed by atoms with van der Waals surface area (Å²) in [6.07, 6.45) is 0. The van der Waals surface area contributed by atoms with Crippen LogP contribution in [0.5, 0.6) is 0 Å². The fourth-order valence-electron chi connectivity index (χ4n) is 0. The summed E-state index contributed by atoms with van der Waals surface area (Å²) < 4.78 is 0. The molecule has 0 heterocycles. The first-order valence-corrected chi connectivity index (χ1v) is 0. The van der Waals surface area contributed by atoms with Crippen molar-refractivity contribution in [3.8, 4) is 0 Å². The van der Waals surface area contributed by atoms with Gasteiger partial charge in [-0.3, -0.25) is 0 Å². The van der Waals surface area contributed by atoms with E-state index in [0.717, 1.165) is 0 Å². The predicted octanol–water partition coefficient (Wildman–Crippen LogP) is -0.393. The summed E-state index contributed by atoms with van der Waals surface area (Å²) in [4.78, 5) is 0. The Bertz CT molecular complexity index is 15.5. The van der Waals surface area contributed by atoms with Gasteiger partial charge in [-0.15, -0.1) is 0 Å². The van der Waals surface area contributed by atoms with Crippen LogP contribution in [-0.2, 0) is 108 Å². The van der Waals surface area contributed by atoms with E-state index in [1.807, 2.05) is 0 Å². The molecule has 0 aromatic heterocycles. The van der Waals surface area contributed by atoms with Gasteiger partial charge in [-0.1, -0.05) is 0 Å². The molecule has 6 heteroatoms. The molecule has 6 radical (unpaired) electrons. The Morgan fingerprint density at radius 3 is 1.00 bits per heavy atom. The molecule has 0 unspecified atom stereocenters. The van der Waals surface area contributed by atoms with Crippen molar-refractivity contribution in [3.63, 3.8) is 0 Å². The van der Waals surface area contributed by atoms with Gasteiger partial charge in [-0.25, -0.2) is 0 Å². The molecule has 0 spiro atoms. The zero-order valence-electron chi connectivity index (χ0n) is 2.59. The van der Waals surface area contributed by atoms with Gasteiger partial charge in [0.15, 0.2) is 0 Å². The van der Waals surface area contributed by atoms with Crippen molar-refractivity contribution in [3.05, 3.63) is 0 Å². The largest absolute Gasteiger partial charge is 0 e. The van der Waals surface area contributed by atoms with Crippen LogP contribution in [0.4, 0.5) is 0 Å². The van der Waals surface area contributed by atoms with Crippen LogP contribution in [0.2, 0.25) is 0 Å². The van der Waals surface area contributed by atoms with Crippen molar-refractivity contribution in [2.24, 2.45) is 0 Å². The Kier molecular flexibility index (Phi) is 356. The van der Waals surface area contributed by atoms with E-state index in [-0.39, 0.29) is 117 Å². The van der Waals surface area contributed by atoms with Gasteiger partial charge < -0.3 is 0 Å². The van der Waals surface area contributed by atoms with Gasteiger partial charge in [0.25, 0.3) is 0 Å². The molecule has 0 N–H and O–H groups in total. The minimum atomic E-state index is 0. The molecule has 0 rings (SSSR count). The average molecular weight is 592 g/mol. The average Bonchev–Trinajstić information content (AvgIpc) is 0. The third-order valence-electron chi connectivity index (χ3n) is 0.